The lowest BCUT2D eigenvalue weighted by Gasteiger charge is -2.42. The number of methoxy groups -OCH3 is 2. The van der Waals surface area contributed by atoms with Gasteiger partial charge in [-0.25, -0.2) is 4.79 Å². The summed E-state index contributed by atoms with van der Waals surface area (Å²) < 4.78 is 28.3. The van der Waals surface area contributed by atoms with Gasteiger partial charge in [0.2, 0.25) is 41.2 Å². The van der Waals surface area contributed by atoms with Crippen molar-refractivity contribution in [3.8, 4) is 0 Å². The molecule has 6 N–H and O–H groups in total. The van der Waals surface area contributed by atoms with Crippen LogP contribution >= 0.6 is 0 Å². The number of esters is 3. The quantitative estimate of drug-likeness (QED) is 0.100. The highest BCUT2D eigenvalue weighted by atomic mass is 16.6. The lowest BCUT2D eigenvalue weighted by atomic mass is 9.78. The lowest BCUT2D eigenvalue weighted by Crippen LogP contribution is -2.60. The average Bonchev–Trinajstić information content (AvgIpc) is 1.32. The third-order valence-corrected chi connectivity index (χ3v) is 16.5. The maximum absolute atomic E-state index is 14.5. The van der Waals surface area contributed by atoms with Gasteiger partial charge in [0.1, 0.15) is 36.4 Å². The van der Waals surface area contributed by atoms with Crippen LogP contribution in [0.4, 0.5) is 0 Å². The SMILES string of the molecule is COC(=O)CCC(=O)O[C@@H]1CC[C@@H](C[C@@H](C)[C@@H]2CC(=O)NCCNC(=O)CN(C)C(=O)[C@H](Cc3ccccc3)NC(=O)[C@H](Cc3ccccc3)NC(=O)[C@H](C)NC(=O)CC[C@@H]3CC[C@@H](C)[C@@](O)(O3)C(=O)C(=O)N3CCCC[C@H]3C(=O)O2)C[C@H]1OC. The van der Waals surface area contributed by atoms with Crippen LogP contribution in [0.25, 0.3) is 0 Å². The summed E-state index contributed by atoms with van der Waals surface area (Å²) in [4.78, 5) is 153. The molecular weight excluding hydrogens is 1100 g/mol. The van der Waals surface area contributed by atoms with Gasteiger partial charge in [0.25, 0.3) is 11.7 Å². The first kappa shape index (κ1) is 66.8. The summed E-state index contributed by atoms with van der Waals surface area (Å²) in [6, 6.07) is 12.9. The second-order valence-corrected chi connectivity index (χ2v) is 22.9. The van der Waals surface area contributed by atoms with Crippen LogP contribution in [0.15, 0.2) is 60.7 Å². The number of piperidine rings is 1. The van der Waals surface area contributed by atoms with Crippen molar-refractivity contribution < 1.29 is 81.5 Å². The minimum atomic E-state index is -2.63. The molecule has 24 heteroatoms. The van der Waals surface area contributed by atoms with Gasteiger partial charge in [0.15, 0.2) is 0 Å². The molecule has 3 saturated heterocycles. The highest BCUT2D eigenvalue weighted by Crippen LogP contribution is 2.37. The largest absolute Gasteiger partial charge is 0.469 e. The number of cyclic esters (lactones) is 1. The van der Waals surface area contributed by atoms with E-state index >= 15 is 0 Å². The van der Waals surface area contributed by atoms with E-state index in [-0.39, 0.29) is 83.3 Å². The first-order chi connectivity index (χ1) is 40.6. The summed E-state index contributed by atoms with van der Waals surface area (Å²) in [7, 11) is 4.13. The van der Waals surface area contributed by atoms with Crippen LogP contribution in [0.2, 0.25) is 0 Å². The number of benzene rings is 2. The Morgan fingerprint density at radius 2 is 1.36 bits per heavy atom. The van der Waals surface area contributed by atoms with Gasteiger partial charge in [-0.1, -0.05) is 74.5 Å². The summed E-state index contributed by atoms with van der Waals surface area (Å²) in [5.74, 6) is -12.2. The van der Waals surface area contributed by atoms with Crippen LogP contribution in [0, 0.1) is 17.8 Å². The number of rotatable bonds is 12. The van der Waals surface area contributed by atoms with E-state index in [1.54, 1.807) is 67.6 Å². The standard InChI is InChI=1S/C61H85N7O17/c1-37(31-42-21-24-47(49(34-42)81-5)83-54(73)27-26-53(72)82-6)48-35-51(70)62-28-29-63-52(71)36-67(4)58(77)45(33-41-17-11-8-12-18-41)66-57(76)44(32-40-15-9-7-10-16-40)65-56(75)39(3)64-50(69)25-23-43-22-20-38(2)61(80,85-43)55(74)59(78)68-30-14-13-19-46(68)60(79)84-48/h7-12,15-18,37-39,42-49,80H,13-14,19-36H2,1-6H3,(H,62,70)(H,63,71)(H,64,69)(H,65,75)(H,66,76)/t37-,38-,39+,42+,43+,44+,45+,46+,47-,48+,49-,61-/m1/s1. The molecule has 4 aliphatic rings. The average molecular weight is 1190 g/mol. The van der Waals surface area contributed by atoms with Gasteiger partial charge in [-0.05, 0) is 94.1 Å². The summed E-state index contributed by atoms with van der Waals surface area (Å²) in [6.45, 7) is 4.20. The molecule has 3 heterocycles. The van der Waals surface area contributed by atoms with Crippen molar-refractivity contribution in [1.82, 2.24) is 36.4 Å². The maximum atomic E-state index is 14.5. The van der Waals surface area contributed by atoms with Crippen molar-refractivity contribution in [2.24, 2.45) is 17.8 Å². The third-order valence-electron chi connectivity index (χ3n) is 16.5. The number of hydrogen-bond acceptors (Lipinski definition) is 17. The number of fused-ring (bicyclic) bond motifs is 3. The van der Waals surface area contributed by atoms with Crippen LogP contribution in [0.1, 0.15) is 122 Å². The van der Waals surface area contributed by atoms with Crippen molar-refractivity contribution in [3.05, 3.63) is 71.8 Å². The smallest absolute Gasteiger partial charge is 0.329 e. The molecule has 2 bridgehead atoms. The number of Topliss-reactive ketones (excluding diaryl/α,β-unsaturated/α-hetero) is 1. The molecule has 2 aromatic carbocycles. The molecular formula is C61H85N7O17. The molecule has 1 saturated carbocycles. The predicted molar refractivity (Wildman–Crippen MR) is 305 cm³/mol. The Morgan fingerprint density at radius 1 is 0.729 bits per heavy atom. The zero-order chi connectivity index (χ0) is 61.8. The van der Waals surface area contributed by atoms with E-state index in [9.17, 15) is 57.8 Å². The van der Waals surface area contributed by atoms with Gasteiger partial charge in [-0.2, -0.15) is 0 Å². The van der Waals surface area contributed by atoms with Crippen LogP contribution in [0.5, 0.6) is 0 Å². The maximum Gasteiger partial charge on any atom is 0.329 e. The van der Waals surface area contributed by atoms with E-state index in [1.807, 2.05) is 6.92 Å². The summed E-state index contributed by atoms with van der Waals surface area (Å²) >= 11 is 0. The minimum absolute atomic E-state index is 0.00372. The second kappa shape index (κ2) is 32.3. The molecule has 1 aliphatic carbocycles. The predicted octanol–water partition coefficient (Wildman–Crippen LogP) is 1.89. The molecule has 0 unspecified atom stereocenters. The topological polar surface area (TPSA) is 321 Å². The summed E-state index contributed by atoms with van der Waals surface area (Å²) in [6.07, 6.45) is -0.454. The van der Waals surface area contributed by atoms with Crippen molar-refractivity contribution in [3.63, 3.8) is 0 Å². The van der Waals surface area contributed by atoms with E-state index in [4.69, 9.17) is 18.9 Å². The Bertz CT molecular complexity index is 2660. The van der Waals surface area contributed by atoms with Gasteiger partial charge < -0.3 is 65.2 Å². The van der Waals surface area contributed by atoms with Crippen molar-refractivity contribution in [2.45, 2.75) is 178 Å². The van der Waals surface area contributed by atoms with Gasteiger partial charge >= 0.3 is 17.9 Å². The zero-order valence-electron chi connectivity index (χ0n) is 49.6. The molecule has 12 atom stereocenters. The van der Waals surface area contributed by atoms with E-state index in [0.717, 1.165) is 9.80 Å². The Balaban J connectivity index is 1.23. The number of amides is 7. The van der Waals surface area contributed by atoms with Gasteiger partial charge in [0, 0.05) is 59.0 Å². The highest BCUT2D eigenvalue weighted by Gasteiger charge is 2.53. The van der Waals surface area contributed by atoms with Crippen LogP contribution < -0.4 is 26.6 Å². The van der Waals surface area contributed by atoms with E-state index in [1.165, 1.54) is 28.2 Å². The number of carbonyl (C=O) groups is 11. The fourth-order valence-corrected chi connectivity index (χ4v) is 11.4. The fraction of sp³-hybridized carbons (Fsp3) is 0.623. The number of nitrogens with zero attached hydrogens (tertiary/aromatic N) is 2. The first-order valence-corrected chi connectivity index (χ1v) is 29.6. The van der Waals surface area contributed by atoms with Crippen molar-refractivity contribution in [1.29, 1.82) is 0 Å². The molecule has 0 spiro atoms. The molecule has 0 aromatic heterocycles. The molecule has 6 rings (SSSR count). The minimum Gasteiger partial charge on any atom is -0.469 e. The monoisotopic (exact) mass is 1190 g/mol. The zero-order valence-corrected chi connectivity index (χ0v) is 49.6. The molecule has 3 aliphatic heterocycles. The Kier molecular flexibility index (Phi) is 25.4. The second-order valence-electron chi connectivity index (χ2n) is 22.9. The van der Waals surface area contributed by atoms with E-state index < -0.39 is 138 Å². The number of likely N-dealkylation sites (N-methyl/N-ethyl adjacent to an activating group) is 1. The van der Waals surface area contributed by atoms with Crippen molar-refractivity contribution in [2.75, 3.05) is 47.4 Å². The first-order valence-electron chi connectivity index (χ1n) is 29.6. The normalized spacial score (nSPS) is 29.2. The van der Waals surface area contributed by atoms with Crippen LogP contribution in [0.3, 0.4) is 0 Å². The summed E-state index contributed by atoms with van der Waals surface area (Å²) in [5, 5.41) is 25.6. The molecule has 466 valence electrons. The molecule has 4 fully saturated rings. The number of ketones is 1. The number of nitrogens with one attached hydrogen (secondary N) is 5. The van der Waals surface area contributed by atoms with Gasteiger partial charge in [0.05, 0.1) is 45.1 Å². The molecule has 2 aromatic rings. The Morgan fingerprint density at radius 3 is 2.02 bits per heavy atom. The number of carbonyl (C=O) groups excluding carboxylic acids is 11. The van der Waals surface area contributed by atoms with E-state index in [0.29, 0.717) is 56.1 Å². The molecule has 7 amide bonds. The van der Waals surface area contributed by atoms with Crippen LogP contribution in [-0.2, 0) is 89.3 Å². The van der Waals surface area contributed by atoms with Gasteiger partial charge in [-0.3, -0.25) is 47.9 Å². The van der Waals surface area contributed by atoms with Gasteiger partial charge in [-0.15, -0.1) is 0 Å². The molecule has 0 radical (unpaired) electrons. The van der Waals surface area contributed by atoms with Crippen molar-refractivity contribution >= 4 is 65.0 Å². The number of aliphatic hydroxyl groups is 1. The Labute approximate surface area is 496 Å². The number of ether oxygens (including phenoxy) is 5. The van der Waals surface area contributed by atoms with E-state index in [2.05, 4.69) is 31.3 Å². The number of hydrogen-bond donors (Lipinski definition) is 6. The van der Waals surface area contributed by atoms with Crippen LogP contribution in [-0.4, -0.2) is 182 Å². The summed E-state index contributed by atoms with van der Waals surface area (Å²) in [5.41, 5.74) is 1.38. The Hall–Kier alpha value is -7.31. The molecule has 85 heavy (non-hydrogen) atoms. The molecule has 24 nitrogen and oxygen atoms in total. The lowest BCUT2D eigenvalue weighted by molar-refractivity contribution is -0.263. The fourth-order valence-electron chi connectivity index (χ4n) is 11.4. The highest BCUT2D eigenvalue weighted by molar-refractivity contribution is 6.39. The third kappa shape index (κ3) is 19.6.